The van der Waals surface area contributed by atoms with Crippen LogP contribution >= 0.6 is 0 Å². The van der Waals surface area contributed by atoms with Gasteiger partial charge < -0.3 is 40.5 Å². The van der Waals surface area contributed by atoms with E-state index in [-0.39, 0.29) is 135 Å². The van der Waals surface area contributed by atoms with E-state index in [1.165, 1.54) is 30.3 Å². The molecule has 4 N–H and O–H groups in total. The molecule has 0 aromatic heterocycles. The topological polar surface area (TPSA) is 210 Å². The highest BCUT2D eigenvalue weighted by Gasteiger charge is 2.32. The molecule has 7 aromatic rings. The third-order valence-corrected chi connectivity index (χ3v) is 14.9. The molecule has 16 nitrogen and oxygen atoms in total. The summed E-state index contributed by atoms with van der Waals surface area (Å²) < 4.78 is 37.9. The van der Waals surface area contributed by atoms with Gasteiger partial charge in [0.1, 0.15) is 24.8 Å². The van der Waals surface area contributed by atoms with Crippen LogP contribution in [0, 0.1) is 11.6 Å². The lowest BCUT2D eigenvalue weighted by Crippen LogP contribution is -2.31. The van der Waals surface area contributed by atoms with Crippen molar-refractivity contribution in [2.24, 2.45) is 0 Å². The highest BCUT2D eigenvalue weighted by molar-refractivity contribution is 6.09. The van der Waals surface area contributed by atoms with Crippen molar-refractivity contribution in [2.75, 3.05) is 26.2 Å². The van der Waals surface area contributed by atoms with Gasteiger partial charge in [0.25, 0.3) is 35.4 Å². The number of carbonyl (C=O) groups is 8. The van der Waals surface area contributed by atoms with E-state index in [2.05, 4.69) is 21.3 Å². The van der Waals surface area contributed by atoms with E-state index in [1.807, 2.05) is 60.7 Å². The molecule has 9 rings (SSSR count). The zero-order valence-corrected chi connectivity index (χ0v) is 47.5. The maximum absolute atomic E-state index is 14.4. The van der Waals surface area contributed by atoms with E-state index in [9.17, 15) is 47.1 Å². The SMILES string of the molecule is O=C(CCCCNC(=O)c1cc2c(cc1C(=O)NCCc1ccc(F)cc1)CN(C(=O)c1cccc(C(=O)N3Cc4cc(C(=O)NCCCCC(=O)OCc5ccccc5)c(C(=O)NCCc5ccc(F)cc5)cc4C3)c1)C2)OCc1ccccc1. The number of hydrogen-bond donors (Lipinski definition) is 4. The molecule has 0 fully saturated rings. The molecule has 2 aliphatic rings. The van der Waals surface area contributed by atoms with Crippen molar-refractivity contribution in [3.05, 3.63) is 247 Å². The van der Waals surface area contributed by atoms with Crippen LogP contribution in [0.5, 0.6) is 0 Å². The lowest BCUT2D eigenvalue weighted by atomic mass is 9.98. The molecule has 6 amide bonds. The summed E-state index contributed by atoms with van der Waals surface area (Å²) in [5, 5.41) is 11.5. The summed E-state index contributed by atoms with van der Waals surface area (Å²) in [6.45, 7) is 1.58. The third kappa shape index (κ3) is 16.7. The standard InChI is InChI=1S/C68H66F2N6O10/c69-55-24-20-45(21-25-55)28-32-73-65(81)59-37-53-41-75(39-51(53)35-57(59)63(79)71-30-9-7-18-61(77)85-43-47-12-3-1-4-13-47)67(83)49-16-11-17-50(34-49)68(84)76-40-52-36-58(64(80)72-31-10-8-19-62(78)86-44-48-14-5-2-6-15-48)60(38-54(52)42-76)66(82)74-33-29-46-22-26-56(70)27-23-46/h1-6,11-17,20-27,34-38H,7-10,18-19,28-33,39-44H2,(H,71,79)(H,72,80)(H,73,81)(H,74,82). The van der Waals surface area contributed by atoms with E-state index in [4.69, 9.17) is 9.47 Å². The Kier molecular flexibility index (Phi) is 20.9. The van der Waals surface area contributed by atoms with Crippen molar-refractivity contribution in [1.82, 2.24) is 31.1 Å². The second kappa shape index (κ2) is 29.6. The predicted octanol–water partition coefficient (Wildman–Crippen LogP) is 9.51. The molecule has 0 unspecified atom stereocenters. The van der Waals surface area contributed by atoms with Gasteiger partial charge in [0.15, 0.2) is 0 Å². The van der Waals surface area contributed by atoms with Crippen molar-refractivity contribution in [3.8, 4) is 0 Å². The van der Waals surface area contributed by atoms with Crippen LogP contribution in [0.2, 0.25) is 0 Å². The summed E-state index contributed by atoms with van der Waals surface area (Å²) in [6, 6.07) is 43.3. The molecule has 2 aliphatic heterocycles. The molecular weight excluding hydrogens is 1100 g/mol. The Morgan fingerprint density at radius 3 is 1.06 bits per heavy atom. The Morgan fingerprint density at radius 2 is 0.709 bits per heavy atom. The number of ether oxygens (including phenoxy) is 2. The molecule has 0 aliphatic carbocycles. The second-order valence-electron chi connectivity index (χ2n) is 21.2. The van der Waals surface area contributed by atoms with Gasteiger partial charge in [0, 0.05) is 76.3 Å². The van der Waals surface area contributed by atoms with Crippen LogP contribution < -0.4 is 21.3 Å². The average molecular weight is 1170 g/mol. The van der Waals surface area contributed by atoms with Crippen molar-refractivity contribution in [2.45, 2.75) is 90.8 Å². The first-order valence-corrected chi connectivity index (χ1v) is 28.8. The normalized spacial score (nSPS) is 12.2. The quantitative estimate of drug-likeness (QED) is 0.0298. The molecule has 0 saturated carbocycles. The first-order chi connectivity index (χ1) is 41.7. The monoisotopic (exact) mass is 1160 g/mol. The average Bonchev–Trinajstić information content (AvgIpc) is 2.03. The van der Waals surface area contributed by atoms with Gasteiger partial charge >= 0.3 is 11.9 Å². The molecule has 0 bridgehead atoms. The van der Waals surface area contributed by atoms with Gasteiger partial charge in [0.2, 0.25) is 0 Å². The maximum Gasteiger partial charge on any atom is 0.306 e. The number of hydrogen-bond acceptors (Lipinski definition) is 10. The van der Waals surface area contributed by atoms with E-state index >= 15 is 0 Å². The minimum atomic E-state index is -0.513. The Morgan fingerprint density at radius 1 is 0.372 bits per heavy atom. The first kappa shape index (κ1) is 60.7. The zero-order chi connectivity index (χ0) is 60.4. The molecule has 0 atom stereocenters. The summed E-state index contributed by atoms with van der Waals surface area (Å²) in [7, 11) is 0. The number of fused-ring (bicyclic) bond motifs is 2. The van der Waals surface area contributed by atoms with Gasteiger partial charge in [-0.25, -0.2) is 8.78 Å². The van der Waals surface area contributed by atoms with Crippen LogP contribution in [0.4, 0.5) is 8.78 Å². The molecule has 7 aromatic carbocycles. The minimum absolute atomic E-state index is 0.103. The summed E-state index contributed by atoms with van der Waals surface area (Å²) >= 11 is 0. The lowest BCUT2D eigenvalue weighted by Gasteiger charge is -2.18. The van der Waals surface area contributed by atoms with E-state index in [1.54, 1.807) is 76.5 Å². The van der Waals surface area contributed by atoms with Crippen molar-refractivity contribution >= 4 is 47.4 Å². The van der Waals surface area contributed by atoms with Gasteiger partial charge in [-0.05, 0) is 150 Å². The fourth-order valence-electron chi connectivity index (χ4n) is 10.2. The highest BCUT2D eigenvalue weighted by atomic mass is 19.1. The molecule has 0 radical (unpaired) electrons. The number of benzene rings is 7. The van der Waals surface area contributed by atoms with E-state index in [0.717, 1.165) is 22.3 Å². The Balaban J connectivity index is 0.837. The van der Waals surface area contributed by atoms with Gasteiger partial charge in [0.05, 0.1) is 22.3 Å². The number of nitrogens with one attached hydrogen (secondary N) is 4. The zero-order valence-electron chi connectivity index (χ0n) is 47.5. The Bertz CT molecular complexity index is 3370. The number of unbranched alkanes of at least 4 members (excludes halogenated alkanes) is 2. The van der Waals surface area contributed by atoms with Crippen molar-refractivity contribution in [3.63, 3.8) is 0 Å². The fraction of sp³-hybridized carbons (Fsp3) is 0.265. The molecule has 18 heteroatoms. The van der Waals surface area contributed by atoms with Crippen LogP contribution in [-0.2, 0) is 71.3 Å². The van der Waals surface area contributed by atoms with Crippen LogP contribution in [-0.4, -0.2) is 83.4 Å². The molecule has 442 valence electrons. The number of carbonyl (C=O) groups excluding carboxylic acids is 8. The van der Waals surface area contributed by atoms with Gasteiger partial charge in [-0.2, -0.15) is 0 Å². The summed E-state index contributed by atoms with van der Waals surface area (Å²) in [6.07, 6.45) is 2.97. The van der Waals surface area contributed by atoms with Crippen LogP contribution in [0.3, 0.4) is 0 Å². The number of rotatable bonds is 26. The largest absolute Gasteiger partial charge is 0.461 e. The summed E-state index contributed by atoms with van der Waals surface area (Å²) in [5.41, 5.74) is 6.83. The summed E-state index contributed by atoms with van der Waals surface area (Å²) in [5.74, 6) is -4.31. The molecule has 0 saturated heterocycles. The van der Waals surface area contributed by atoms with E-state index < -0.39 is 35.4 Å². The number of esters is 2. The third-order valence-electron chi connectivity index (χ3n) is 14.9. The predicted molar refractivity (Wildman–Crippen MR) is 316 cm³/mol. The van der Waals surface area contributed by atoms with Gasteiger partial charge in [-0.3, -0.25) is 38.4 Å². The maximum atomic E-state index is 14.4. The number of amides is 6. The summed E-state index contributed by atoms with van der Waals surface area (Å²) in [4.78, 5) is 112. The molecule has 0 spiro atoms. The Labute approximate surface area is 497 Å². The molecular formula is C68H66F2N6O10. The van der Waals surface area contributed by atoms with Crippen molar-refractivity contribution < 1.29 is 56.6 Å². The first-order valence-electron chi connectivity index (χ1n) is 28.8. The number of nitrogens with zero attached hydrogens (tertiary/aromatic N) is 2. The lowest BCUT2D eigenvalue weighted by molar-refractivity contribution is -0.146. The van der Waals surface area contributed by atoms with Gasteiger partial charge in [-0.1, -0.05) is 91.0 Å². The fourth-order valence-corrected chi connectivity index (χ4v) is 10.2. The van der Waals surface area contributed by atoms with Crippen LogP contribution in [0.15, 0.2) is 158 Å². The van der Waals surface area contributed by atoms with Crippen LogP contribution in [0.25, 0.3) is 0 Å². The second-order valence-corrected chi connectivity index (χ2v) is 21.2. The van der Waals surface area contributed by atoms with Crippen LogP contribution in [0.1, 0.15) is 145 Å². The van der Waals surface area contributed by atoms with E-state index in [0.29, 0.717) is 60.8 Å². The molecule has 2 heterocycles. The highest BCUT2D eigenvalue weighted by Crippen LogP contribution is 2.31. The minimum Gasteiger partial charge on any atom is -0.461 e. The smallest absolute Gasteiger partial charge is 0.306 e. The number of halogens is 2. The van der Waals surface area contributed by atoms with Gasteiger partial charge in [-0.15, -0.1) is 0 Å². The Hall–Kier alpha value is -9.84. The van der Waals surface area contributed by atoms with Crippen molar-refractivity contribution in [1.29, 1.82) is 0 Å². The molecule has 86 heavy (non-hydrogen) atoms.